The fourth-order valence-corrected chi connectivity index (χ4v) is 2.76. The quantitative estimate of drug-likeness (QED) is 0.917. The van der Waals surface area contributed by atoms with Crippen molar-refractivity contribution in [3.05, 3.63) is 48.5 Å². The first-order chi connectivity index (χ1) is 10.3. The van der Waals surface area contributed by atoms with E-state index in [0.717, 1.165) is 18.8 Å². The number of hydrogen-bond donors (Lipinski definition) is 1. The van der Waals surface area contributed by atoms with Crippen molar-refractivity contribution >= 4 is 0 Å². The molecule has 2 atom stereocenters. The van der Waals surface area contributed by atoms with Crippen molar-refractivity contribution in [2.75, 3.05) is 13.2 Å². The molecule has 0 bridgehead atoms. The molecule has 2 heterocycles. The van der Waals surface area contributed by atoms with Crippen LogP contribution in [0.2, 0.25) is 0 Å². The fraction of sp³-hybridized carbons (Fsp3) is 0.471. The maximum absolute atomic E-state index is 5.77. The molecule has 1 aliphatic rings. The molecule has 1 aromatic heterocycles. The lowest BCUT2D eigenvalue weighted by molar-refractivity contribution is 0.0156. The maximum Gasteiger partial charge on any atom is 0.0991 e. The summed E-state index contributed by atoms with van der Waals surface area (Å²) in [6.45, 7) is 4.04. The molecule has 4 nitrogen and oxygen atoms in total. The van der Waals surface area contributed by atoms with Gasteiger partial charge in [0.1, 0.15) is 0 Å². The zero-order valence-electron chi connectivity index (χ0n) is 12.5. The summed E-state index contributed by atoms with van der Waals surface area (Å²) in [5, 5.41) is 3.59. The van der Waals surface area contributed by atoms with Gasteiger partial charge in [-0.05, 0) is 43.9 Å². The van der Waals surface area contributed by atoms with E-state index in [9.17, 15) is 0 Å². The average Bonchev–Trinajstić information content (AvgIpc) is 3.08. The summed E-state index contributed by atoms with van der Waals surface area (Å²) in [5.41, 5.74) is 2.43. The molecule has 1 N–H and O–H groups in total. The first-order valence-electron chi connectivity index (χ1n) is 7.76. The van der Waals surface area contributed by atoms with Crippen molar-refractivity contribution in [2.24, 2.45) is 0 Å². The van der Waals surface area contributed by atoms with Crippen LogP contribution in [0.4, 0.5) is 0 Å². The number of ether oxygens (including phenoxy) is 1. The largest absolute Gasteiger partial charge is 0.377 e. The lowest BCUT2D eigenvalue weighted by Crippen LogP contribution is -2.33. The van der Waals surface area contributed by atoms with Gasteiger partial charge in [-0.2, -0.15) is 0 Å². The molecule has 0 unspecified atom stereocenters. The number of rotatable bonds is 5. The van der Waals surface area contributed by atoms with Crippen molar-refractivity contribution in [3.8, 4) is 5.69 Å². The first-order valence-corrected chi connectivity index (χ1v) is 7.76. The van der Waals surface area contributed by atoms with Gasteiger partial charge in [-0.25, -0.2) is 4.98 Å². The number of imidazole rings is 1. The number of nitrogens with zero attached hydrogens (tertiary/aromatic N) is 2. The van der Waals surface area contributed by atoms with Crippen LogP contribution in [0.1, 0.15) is 37.8 Å². The van der Waals surface area contributed by atoms with Crippen molar-refractivity contribution < 1.29 is 4.74 Å². The Hall–Kier alpha value is -1.65. The molecule has 4 heteroatoms. The van der Waals surface area contributed by atoms with Crippen LogP contribution in [0, 0.1) is 0 Å². The minimum atomic E-state index is 0.319. The molecule has 21 heavy (non-hydrogen) atoms. The molecule has 0 aliphatic carbocycles. The van der Waals surface area contributed by atoms with E-state index in [1.807, 2.05) is 17.1 Å². The molecular weight excluding hydrogens is 262 g/mol. The van der Waals surface area contributed by atoms with Crippen LogP contribution in [-0.2, 0) is 4.74 Å². The van der Waals surface area contributed by atoms with E-state index in [-0.39, 0.29) is 0 Å². The van der Waals surface area contributed by atoms with E-state index in [1.54, 1.807) is 6.20 Å². The van der Waals surface area contributed by atoms with E-state index in [0.29, 0.717) is 12.1 Å². The number of hydrogen-bond acceptors (Lipinski definition) is 3. The summed E-state index contributed by atoms with van der Waals surface area (Å²) < 4.78 is 7.80. The lowest BCUT2D eigenvalue weighted by atomic mass is 10.1. The molecular formula is C17H23N3O. The maximum atomic E-state index is 5.77. The summed E-state index contributed by atoms with van der Waals surface area (Å²) in [6.07, 6.45) is 9.64. The second-order valence-electron chi connectivity index (χ2n) is 5.68. The van der Waals surface area contributed by atoms with Crippen LogP contribution in [0.5, 0.6) is 0 Å². The summed E-state index contributed by atoms with van der Waals surface area (Å²) in [5.74, 6) is 0. The van der Waals surface area contributed by atoms with E-state index in [4.69, 9.17) is 4.74 Å². The fourth-order valence-electron chi connectivity index (χ4n) is 2.76. The molecule has 2 aromatic rings. The van der Waals surface area contributed by atoms with Crippen molar-refractivity contribution in [3.63, 3.8) is 0 Å². The Morgan fingerprint density at radius 2 is 2.38 bits per heavy atom. The molecule has 0 saturated carbocycles. The molecule has 0 amide bonds. The predicted molar refractivity (Wildman–Crippen MR) is 83.6 cm³/mol. The minimum Gasteiger partial charge on any atom is -0.377 e. The number of aromatic nitrogens is 2. The lowest BCUT2D eigenvalue weighted by Gasteiger charge is -2.25. The van der Waals surface area contributed by atoms with Crippen LogP contribution in [0.15, 0.2) is 43.0 Å². The first kappa shape index (κ1) is 14.3. The van der Waals surface area contributed by atoms with Crippen LogP contribution < -0.4 is 5.32 Å². The summed E-state index contributed by atoms with van der Waals surface area (Å²) in [6, 6.07) is 8.89. The van der Waals surface area contributed by atoms with Crippen LogP contribution in [0.25, 0.3) is 5.69 Å². The van der Waals surface area contributed by atoms with Crippen molar-refractivity contribution in [1.29, 1.82) is 0 Å². The minimum absolute atomic E-state index is 0.319. The summed E-state index contributed by atoms with van der Waals surface area (Å²) >= 11 is 0. The molecule has 3 rings (SSSR count). The monoisotopic (exact) mass is 285 g/mol. The zero-order chi connectivity index (χ0) is 14.5. The van der Waals surface area contributed by atoms with Gasteiger partial charge >= 0.3 is 0 Å². The summed E-state index contributed by atoms with van der Waals surface area (Å²) in [7, 11) is 0. The highest BCUT2D eigenvalue weighted by molar-refractivity contribution is 5.36. The van der Waals surface area contributed by atoms with Gasteiger partial charge in [0.05, 0.1) is 12.4 Å². The molecule has 1 fully saturated rings. The molecule has 0 radical (unpaired) electrons. The smallest absolute Gasteiger partial charge is 0.0991 e. The molecule has 1 saturated heterocycles. The molecule has 1 aromatic carbocycles. The Balaban J connectivity index is 1.61. The van der Waals surface area contributed by atoms with E-state index in [2.05, 4.69) is 41.5 Å². The normalized spacial score (nSPS) is 20.3. The van der Waals surface area contributed by atoms with Gasteiger partial charge in [-0.3, -0.25) is 0 Å². The van der Waals surface area contributed by atoms with Crippen LogP contribution in [0.3, 0.4) is 0 Å². The number of nitrogens with one attached hydrogen (secondary N) is 1. The van der Waals surface area contributed by atoms with E-state index >= 15 is 0 Å². The van der Waals surface area contributed by atoms with Gasteiger partial charge in [-0.1, -0.05) is 12.1 Å². The Labute approximate surface area is 126 Å². The Bertz CT molecular complexity index is 547. The Kier molecular flexibility index (Phi) is 4.68. The van der Waals surface area contributed by atoms with E-state index in [1.165, 1.54) is 24.8 Å². The highest BCUT2D eigenvalue weighted by Gasteiger charge is 2.15. The highest BCUT2D eigenvalue weighted by Crippen LogP contribution is 2.18. The topological polar surface area (TPSA) is 39.1 Å². The van der Waals surface area contributed by atoms with Gasteiger partial charge in [0.15, 0.2) is 0 Å². The predicted octanol–water partition coefficient (Wildman–Crippen LogP) is 3.09. The Morgan fingerprint density at radius 1 is 1.43 bits per heavy atom. The zero-order valence-corrected chi connectivity index (χ0v) is 12.5. The Morgan fingerprint density at radius 3 is 3.14 bits per heavy atom. The van der Waals surface area contributed by atoms with Gasteiger partial charge in [0.2, 0.25) is 0 Å². The van der Waals surface area contributed by atoms with E-state index < -0.39 is 0 Å². The van der Waals surface area contributed by atoms with Gasteiger partial charge in [0, 0.05) is 37.3 Å². The standard InChI is InChI=1S/C17H23N3O/c1-14(19-12-17-7-2-3-10-21-17)15-5-4-6-16(11-15)20-9-8-18-13-20/h4-6,8-9,11,13-14,17,19H,2-3,7,10,12H2,1H3/t14-,17+/m0/s1. The third-order valence-electron chi connectivity index (χ3n) is 4.10. The molecule has 1 aliphatic heterocycles. The second-order valence-corrected chi connectivity index (χ2v) is 5.68. The molecule has 112 valence electrons. The summed E-state index contributed by atoms with van der Waals surface area (Å²) in [4.78, 5) is 4.10. The third-order valence-corrected chi connectivity index (χ3v) is 4.10. The van der Waals surface area contributed by atoms with Gasteiger partial charge in [-0.15, -0.1) is 0 Å². The third kappa shape index (κ3) is 3.71. The SMILES string of the molecule is C[C@H](NC[C@H]1CCCCO1)c1cccc(-n2ccnc2)c1. The number of benzene rings is 1. The molecule has 0 spiro atoms. The highest BCUT2D eigenvalue weighted by atomic mass is 16.5. The van der Waals surface area contributed by atoms with Crippen LogP contribution in [-0.4, -0.2) is 28.8 Å². The average molecular weight is 285 g/mol. The van der Waals surface area contributed by atoms with Crippen LogP contribution >= 0.6 is 0 Å². The van der Waals surface area contributed by atoms with Gasteiger partial charge in [0.25, 0.3) is 0 Å². The van der Waals surface area contributed by atoms with Crippen molar-refractivity contribution in [1.82, 2.24) is 14.9 Å². The van der Waals surface area contributed by atoms with Crippen molar-refractivity contribution in [2.45, 2.75) is 38.3 Å². The second kappa shape index (κ2) is 6.87. The van der Waals surface area contributed by atoms with Gasteiger partial charge < -0.3 is 14.6 Å².